The van der Waals surface area contributed by atoms with E-state index >= 15 is 0 Å². The number of halogens is 1. The average molecular weight is 195 g/mol. The highest BCUT2D eigenvalue weighted by molar-refractivity contribution is 5.41. The maximum absolute atomic E-state index is 12.4. The van der Waals surface area contributed by atoms with Crippen LogP contribution < -0.4 is 4.74 Å². The van der Waals surface area contributed by atoms with Crippen LogP contribution in [0.4, 0.5) is 4.39 Å². The number of aryl methyl sites for hydroxylation is 1. The molecule has 1 aromatic carbocycles. The van der Waals surface area contributed by atoms with Crippen molar-refractivity contribution in [2.75, 3.05) is 13.3 Å². The molecular formula is C12H16FO. The molecule has 0 fully saturated rings. The Labute approximate surface area is 84.9 Å². The Balaban J connectivity index is 2.93. The summed E-state index contributed by atoms with van der Waals surface area (Å²) >= 11 is 0. The van der Waals surface area contributed by atoms with Gasteiger partial charge in [-0.2, -0.15) is 0 Å². The van der Waals surface area contributed by atoms with Gasteiger partial charge in [-0.3, -0.25) is 4.39 Å². The lowest BCUT2D eigenvalue weighted by atomic mass is 10.0. The first kappa shape index (κ1) is 11.0. The van der Waals surface area contributed by atoms with Crippen molar-refractivity contribution in [1.82, 2.24) is 0 Å². The molecule has 0 bridgehead atoms. The van der Waals surface area contributed by atoms with E-state index in [-0.39, 0.29) is 0 Å². The molecule has 0 N–H and O–H groups in total. The molecule has 0 heterocycles. The minimum absolute atomic E-state index is 0.408. The fraction of sp³-hybridized carbons (Fsp3) is 0.417. The molecule has 0 unspecified atom stereocenters. The molecular weight excluding hydrogens is 179 g/mol. The van der Waals surface area contributed by atoms with E-state index in [1.807, 2.05) is 32.0 Å². The maximum Gasteiger partial charge on any atom is 0.122 e. The quantitative estimate of drug-likeness (QED) is 0.716. The molecule has 2 heteroatoms. The second kappa shape index (κ2) is 4.99. The topological polar surface area (TPSA) is 9.23 Å². The van der Waals surface area contributed by atoms with Gasteiger partial charge in [0.05, 0.1) is 13.3 Å². The smallest absolute Gasteiger partial charge is 0.122 e. The van der Waals surface area contributed by atoms with E-state index in [4.69, 9.17) is 4.74 Å². The van der Waals surface area contributed by atoms with Crippen molar-refractivity contribution in [2.24, 2.45) is 0 Å². The fourth-order valence-corrected chi connectivity index (χ4v) is 1.25. The molecule has 0 amide bonds. The van der Waals surface area contributed by atoms with Gasteiger partial charge in [-0.05, 0) is 31.0 Å². The van der Waals surface area contributed by atoms with Gasteiger partial charge in [-0.15, -0.1) is 0 Å². The second-order valence-electron chi connectivity index (χ2n) is 3.33. The molecule has 0 atom stereocenters. The molecule has 1 aromatic rings. The highest BCUT2D eigenvalue weighted by atomic mass is 19.1. The Kier molecular flexibility index (Phi) is 3.93. The number of alkyl halides is 1. The molecule has 0 aromatic heterocycles. The summed E-state index contributed by atoms with van der Waals surface area (Å²) in [5.41, 5.74) is 2.00. The van der Waals surface area contributed by atoms with E-state index in [9.17, 15) is 4.39 Å². The zero-order valence-electron chi connectivity index (χ0n) is 8.93. The molecule has 0 saturated carbocycles. The molecule has 77 valence electrons. The summed E-state index contributed by atoms with van der Waals surface area (Å²) in [4.78, 5) is 0. The largest absolute Gasteiger partial charge is 0.494 e. The summed E-state index contributed by atoms with van der Waals surface area (Å²) in [5, 5.41) is 0. The van der Waals surface area contributed by atoms with Crippen LogP contribution in [-0.4, -0.2) is 13.3 Å². The van der Waals surface area contributed by atoms with Crippen molar-refractivity contribution >= 4 is 0 Å². The van der Waals surface area contributed by atoms with E-state index < -0.39 is 6.67 Å². The Hall–Kier alpha value is -1.05. The number of rotatable bonds is 4. The number of ether oxygens (including phenoxy) is 1. The zero-order chi connectivity index (χ0) is 10.6. The average Bonchev–Trinajstić information content (AvgIpc) is 2.20. The van der Waals surface area contributed by atoms with E-state index in [0.29, 0.717) is 6.61 Å². The maximum atomic E-state index is 12.4. The van der Waals surface area contributed by atoms with Gasteiger partial charge in [0, 0.05) is 5.92 Å². The summed E-state index contributed by atoms with van der Waals surface area (Å²) in [7, 11) is 0. The molecule has 0 aliphatic carbocycles. The lowest BCUT2D eigenvalue weighted by molar-refractivity contribution is 0.337. The highest BCUT2D eigenvalue weighted by Crippen LogP contribution is 2.24. The molecule has 1 radical (unpaired) electrons. The Bertz CT molecular complexity index is 296. The zero-order valence-corrected chi connectivity index (χ0v) is 8.93. The summed E-state index contributed by atoms with van der Waals surface area (Å²) in [6.45, 7) is 5.95. The van der Waals surface area contributed by atoms with Crippen LogP contribution in [0.3, 0.4) is 0 Å². The molecule has 0 saturated heterocycles. The van der Waals surface area contributed by atoms with Crippen LogP contribution in [0.25, 0.3) is 0 Å². The van der Waals surface area contributed by atoms with Crippen molar-refractivity contribution < 1.29 is 9.13 Å². The van der Waals surface area contributed by atoms with Gasteiger partial charge < -0.3 is 4.74 Å². The van der Waals surface area contributed by atoms with Crippen LogP contribution in [0.5, 0.6) is 5.75 Å². The summed E-state index contributed by atoms with van der Waals surface area (Å²) in [5.74, 6) is 1.59. The van der Waals surface area contributed by atoms with Crippen LogP contribution >= 0.6 is 0 Å². The monoisotopic (exact) mass is 195 g/mol. The van der Waals surface area contributed by atoms with Crippen LogP contribution in [0.2, 0.25) is 0 Å². The second-order valence-corrected chi connectivity index (χ2v) is 3.33. The van der Waals surface area contributed by atoms with Gasteiger partial charge in [-0.1, -0.05) is 19.1 Å². The summed E-state index contributed by atoms with van der Waals surface area (Å²) in [6.07, 6.45) is 0. The summed E-state index contributed by atoms with van der Waals surface area (Å²) in [6, 6.07) is 5.78. The van der Waals surface area contributed by atoms with Crippen molar-refractivity contribution in [3.05, 3.63) is 35.2 Å². The molecule has 1 rings (SSSR count). The summed E-state index contributed by atoms with van der Waals surface area (Å²) < 4.78 is 17.8. The lowest BCUT2D eigenvalue weighted by Gasteiger charge is -2.11. The van der Waals surface area contributed by atoms with Gasteiger partial charge >= 0.3 is 0 Å². The molecule has 1 nitrogen and oxygen atoms in total. The first-order valence-electron chi connectivity index (χ1n) is 4.81. The first-order chi connectivity index (χ1) is 6.69. The first-order valence-corrected chi connectivity index (χ1v) is 4.81. The van der Waals surface area contributed by atoms with Gasteiger partial charge in [0.1, 0.15) is 5.75 Å². The van der Waals surface area contributed by atoms with Crippen LogP contribution in [0, 0.1) is 12.8 Å². The van der Waals surface area contributed by atoms with Crippen molar-refractivity contribution in [3.63, 3.8) is 0 Å². The molecule has 0 aliphatic rings. The molecule has 0 spiro atoms. The van der Waals surface area contributed by atoms with E-state index in [1.165, 1.54) is 0 Å². The third-order valence-electron chi connectivity index (χ3n) is 2.18. The number of benzene rings is 1. The molecule has 14 heavy (non-hydrogen) atoms. The van der Waals surface area contributed by atoms with Crippen LogP contribution in [0.1, 0.15) is 25.0 Å². The minimum atomic E-state index is -0.408. The molecule has 0 aliphatic heterocycles. The van der Waals surface area contributed by atoms with Crippen molar-refractivity contribution in [3.8, 4) is 5.75 Å². The van der Waals surface area contributed by atoms with Crippen LogP contribution in [0.15, 0.2) is 18.2 Å². The SMILES string of the molecule is CCOc1cc([C](C)CF)ccc1C. The van der Waals surface area contributed by atoms with E-state index in [2.05, 4.69) is 0 Å². The lowest BCUT2D eigenvalue weighted by Crippen LogP contribution is -1.99. The highest BCUT2D eigenvalue weighted by Gasteiger charge is 2.08. The van der Waals surface area contributed by atoms with Crippen LogP contribution in [-0.2, 0) is 0 Å². The fourth-order valence-electron chi connectivity index (χ4n) is 1.25. The van der Waals surface area contributed by atoms with E-state index in [0.717, 1.165) is 22.8 Å². The number of hydrogen-bond acceptors (Lipinski definition) is 1. The van der Waals surface area contributed by atoms with Gasteiger partial charge in [-0.25, -0.2) is 0 Å². The van der Waals surface area contributed by atoms with Gasteiger partial charge in [0.15, 0.2) is 0 Å². The van der Waals surface area contributed by atoms with Crippen molar-refractivity contribution in [2.45, 2.75) is 20.8 Å². The standard InChI is InChI=1S/C12H16FO/c1-4-14-12-7-11(10(3)8-13)6-5-9(12)2/h5-7H,4,8H2,1-3H3. The van der Waals surface area contributed by atoms with E-state index in [1.54, 1.807) is 6.92 Å². The van der Waals surface area contributed by atoms with Crippen molar-refractivity contribution in [1.29, 1.82) is 0 Å². The minimum Gasteiger partial charge on any atom is -0.494 e. The third kappa shape index (κ3) is 2.47. The van der Waals surface area contributed by atoms with Gasteiger partial charge in [0.2, 0.25) is 0 Å². The predicted molar refractivity (Wildman–Crippen MR) is 56.3 cm³/mol. The Morgan fingerprint density at radius 1 is 1.43 bits per heavy atom. The predicted octanol–water partition coefficient (Wildman–Crippen LogP) is 3.31. The number of hydrogen-bond donors (Lipinski definition) is 0. The Morgan fingerprint density at radius 3 is 2.71 bits per heavy atom. The third-order valence-corrected chi connectivity index (χ3v) is 2.18. The Morgan fingerprint density at radius 2 is 2.14 bits per heavy atom. The van der Waals surface area contributed by atoms with Gasteiger partial charge in [0.25, 0.3) is 0 Å². The normalized spacial score (nSPS) is 10.6.